The number of hydrogen-bond donors (Lipinski definition) is 4. The maximum Gasteiger partial charge on any atom is 0.251 e. The van der Waals surface area contributed by atoms with Crippen LogP contribution in [0.1, 0.15) is 96.6 Å². The van der Waals surface area contributed by atoms with Gasteiger partial charge in [0.2, 0.25) is 11.8 Å². The third kappa shape index (κ3) is 7.44. The van der Waals surface area contributed by atoms with Crippen LogP contribution in [0, 0.1) is 5.92 Å². The van der Waals surface area contributed by atoms with Gasteiger partial charge in [-0.1, -0.05) is 56.9 Å². The lowest BCUT2D eigenvalue weighted by atomic mass is 9.78. The summed E-state index contributed by atoms with van der Waals surface area (Å²) in [6.45, 7) is 5.12. The zero-order chi connectivity index (χ0) is 32.7. The van der Waals surface area contributed by atoms with Crippen LogP contribution < -0.4 is 16.0 Å². The Morgan fingerprint density at radius 1 is 0.935 bits per heavy atom. The number of amides is 4. The molecule has 2 aliphatic heterocycles. The SMILES string of the molecule is CCCCN1C(=O)[C@@H]([C@H](O)C2CCCCC2)NC(=O)C12CCN(Cc1ccc(CNC(=O)c3ccc(C(=O)NC)cc3)cc1)CC2. The number of unbranched alkanes of at least 4 members (excludes halogenated alkanes) is 1. The number of carbonyl (C=O) groups excluding carboxylic acids is 4. The average Bonchev–Trinajstić information content (AvgIpc) is 3.10. The van der Waals surface area contributed by atoms with Crippen LogP contribution in [0.3, 0.4) is 0 Å². The fourth-order valence-corrected chi connectivity index (χ4v) is 7.26. The van der Waals surface area contributed by atoms with Gasteiger partial charge in [0.1, 0.15) is 11.6 Å². The molecular formula is C36H49N5O5. The maximum absolute atomic E-state index is 13.9. The zero-order valence-electron chi connectivity index (χ0n) is 27.2. The number of benzene rings is 2. The van der Waals surface area contributed by atoms with Gasteiger partial charge in [0, 0.05) is 50.9 Å². The Balaban J connectivity index is 1.15. The molecule has 0 unspecified atom stereocenters. The molecule has 46 heavy (non-hydrogen) atoms. The van der Waals surface area contributed by atoms with Gasteiger partial charge >= 0.3 is 0 Å². The molecule has 2 heterocycles. The first kappa shape index (κ1) is 33.6. The van der Waals surface area contributed by atoms with E-state index in [1.165, 1.54) is 0 Å². The van der Waals surface area contributed by atoms with Gasteiger partial charge in [-0.3, -0.25) is 24.1 Å². The van der Waals surface area contributed by atoms with E-state index in [0.717, 1.165) is 62.6 Å². The van der Waals surface area contributed by atoms with Crippen LogP contribution in [-0.2, 0) is 22.7 Å². The van der Waals surface area contributed by atoms with Crippen molar-refractivity contribution in [1.82, 2.24) is 25.8 Å². The van der Waals surface area contributed by atoms with E-state index >= 15 is 0 Å². The number of aliphatic hydroxyl groups excluding tert-OH is 1. The molecule has 5 rings (SSSR count). The molecule has 3 aliphatic rings. The molecule has 248 valence electrons. The summed E-state index contributed by atoms with van der Waals surface area (Å²) < 4.78 is 0. The molecule has 0 bridgehead atoms. The fraction of sp³-hybridized carbons (Fsp3) is 0.556. The van der Waals surface area contributed by atoms with E-state index in [1.54, 1.807) is 31.3 Å². The predicted octanol–water partition coefficient (Wildman–Crippen LogP) is 3.38. The summed E-state index contributed by atoms with van der Waals surface area (Å²) in [6, 6.07) is 13.8. The number of piperazine rings is 1. The van der Waals surface area contributed by atoms with Gasteiger partial charge < -0.3 is 26.0 Å². The van der Waals surface area contributed by atoms with Gasteiger partial charge in [-0.25, -0.2) is 0 Å². The summed E-state index contributed by atoms with van der Waals surface area (Å²) in [6.07, 6.45) is 7.14. The molecule has 1 saturated carbocycles. The first-order chi connectivity index (χ1) is 22.3. The topological polar surface area (TPSA) is 131 Å². The number of nitrogens with one attached hydrogen (secondary N) is 3. The third-order valence-corrected chi connectivity index (χ3v) is 10.2. The zero-order valence-corrected chi connectivity index (χ0v) is 27.2. The fourth-order valence-electron chi connectivity index (χ4n) is 7.26. The van der Waals surface area contributed by atoms with Gasteiger partial charge in [-0.2, -0.15) is 0 Å². The van der Waals surface area contributed by atoms with Gasteiger partial charge in [-0.15, -0.1) is 0 Å². The molecule has 4 amide bonds. The summed E-state index contributed by atoms with van der Waals surface area (Å²) in [7, 11) is 1.57. The Hall–Kier alpha value is -3.76. The summed E-state index contributed by atoms with van der Waals surface area (Å²) in [4.78, 5) is 56.1. The number of likely N-dealkylation sites (tertiary alicyclic amines) is 1. The van der Waals surface area contributed by atoms with E-state index in [4.69, 9.17) is 0 Å². The van der Waals surface area contributed by atoms with Crippen molar-refractivity contribution in [2.24, 2.45) is 5.92 Å². The quantitative estimate of drug-likeness (QED) is 0.301. The first-order valence-electron chi connectivity index (χ1n) is 17.0. The average molecular weight is 632 g/mol. The second-order valence-electron chi connectivity index (χ2n) is 13.1. The second-order valence-corrected chi connectivity index (χ2v) is 13.1. The van der Waals surface area contributed by atoms with Gasteiger partial charge in [0.05, 0.1) is 6.10 Å². The molecule has 3 fully saturated rings. The highest BCUT2D eigenvalue weighted by molar-refractivity contribution is 6.00. The smallest absolute Gasteiger partial charge is 0.251 e. The summed E-state index contributed by atoms with van der Waals surface area (Å²) in [5, 5.41) is 19.7. The first-order valence-corrected chi connectivity index (χ1v) is 17.0. The molecular weight excluding hydrogens is 582 g/mol. The van der Waals surface area contributed by atoms with Crippen LogP contribution in [0.2, 0.25) is 0 Å². The molecule has 1 spiro atoms. The van der Waals surface area contributed by atoms with E-state index in [0.29, 0.717) is 50.1 Å². The highest BCUT2D eigenvalue weighted by Crippen LogP contribution is 2.36. The largest absolute Gasteiger partial charge is 0.390 e. The van der Waals surface area contributed by atoms with Crippen molar-refractivity contribution in [1.29, 1.82) is 0 Å². The van der Waals surface area contributed by atoms with Crippen LogP contribution in [0.25, 0.3) is 0 Å². The molecule has 4 N–H and O–H groups in total. The van der Waals surface area contributed by atoms with Crippen molar-refractivity contribution in [3.05, 3.63) is 70.8 Å². The standard InChI is InChI=1S/C36H49N5O5/c1-3-4-20-41-34(45)30(31(42)27-8-6-5-7-9-27)39-35(46)36(41)18-21-40(22-19-36)24-26-12-10-25(11-13-26)23-38-33(44)29-16-14-28(15-17-29)32(43)37-2/h10-17,27,30-31,42H,3-9,18-24H2,1-2H3,(H,37,43)(H,38,44)(H,39,46)/t30-,31-/m1/s1. The number of rotatable bonds is 11. The highest BCUT2D eigenvalue weighted by atomic mass is 16.3. The molecule has 1 aliphatic carbocycles. The van der Waals surface area contributed by atoms with Crippen LogP contribution in [0.5, 0.6) is 0 Å². The molecule has 2 aromatic carbocycles. The number of nitrogens with zero attached hydrogens (tertiary/aromatic N) is 2. The number of hydrogen-bond acceptors (Lipinski definition) is 6. The number of aliphatic hydroxyl groups is 1. The van der Waals surface area contributed by atoms with Crippen LogP contribution >= 0.6 is 0 Å². The van der Waals surface area contributed by atoms with Gasteiger partial charge in [-0.05, 0) is 73.4 Å². The lowest BCUT2D eigenvalue weighted by Gasteiger charge is -2.52. The van der Waals surface area contributed by atoms with Crippen molar-refractivity contribution in [3.8, 4) is 0 Å². The summed E-state index contributed by atoms with van der Waals surface area (Å²) in [5.41, 5.74) is 2.24. The van der Waals surface area contributed by atoms with E-state index in [1.807, 2.05) is 17.0 Å². The Morgan fingerprint density at radius 3 is 2.15 bits per heavy atom. The minimum atomic E-state index is -0.865. The van der Waals surface area contributed by atoms with E-state index in [2.05, 4.69) is 39.9 Å². The summed E-state index contributed by atoms with van der Waals surface area (Å²) >= 11 is 0. The maximum atomic E-state index is 13.9. The summed E-state index contributed by atoms with van der Waals surface area (Å²) in [5.74, 6) is -0.579. The monoisotopic (exact) mass is 631 g/mol. The Morgan fingerprint density at radius 2 is 1.54 bits per heavy atom. The number of carbonyl (C=O) groups is 4. The van der Waals surface area contributed by atoms with Crippen molar-refractivity contribution >= 4 is 23.6 Å². The van der Waals surface area contributed by atoms with Crippen molar-refractivity contribution in [2.45, 2.75) is 95.5 Å². The Kier molecular flexibility index (Phi) is 11.1. The molecule has 2 saturated heterocycles. The van der Waals surface area contributed by atoms with Crippen LogP contribution in [-0.4, -0.2) is 82.9 Å². The minimum Gasteiger partial charge on any atom is -0.390 e. The van der Waals surface area contributed by atoms with Crippen molar-refractivity contribution in [3.63, 3.8) is 0 Å². The van der Waals surface area contributed by atoms with E-state index in [-0.39, 0.29) is 29.5 Å². The van der Waals surface area contributed by atoms with Gasteiger partial charge in [0.25, 0.3) is 11.8 Å². The van der Waals surface area contributed by atoms with Crippen molar-refractivity contribution in [2.75, 3.05) is 26.7 Å². The van der Waals surface area contributed by atoms with Crippen LogP contribution in [0.15, 0.2) is 48.5 Å². The predicted molar refractivity (Wildman–Crippen MR) is 176 cm³/mol. The van der Waals surface area contributed by atoms with Crippen LogP contribution in [0.4, 0.5) is 0 Å². The molecule has 2 aromatic rings. The Labute approximate surface area is 272 Å². The highest BCUT2D eigenvalue weighted by Gasteiger charge is 2.55. The minimum absolute atomic E-state index is 0.0586. The normalized spacial score (nSPS) is 21.1. The second kappa shape index (κ2) is 15.2. The molecule has 10 nitrogen and oxygen atoms in total. The van der Waals surface area contributed by atoms with E-state index < -0.39 is 17.7 Å². The van der Waals surface area contributed by atoms with Crippen molar-refractivity contribution < 1.29 is 24.3 Å². The molecule has 0 aromatic heterocycles. The molecule has 2 atom stereocenters. The number of piperidine rings is 1. The van der Waals surface area contributed by atoms with E-state index in [9.17, 15) is 24.3 Å². The lowest BCUT2D eigenvalue weighted by molar-refractivity contribution is -0.166. The third-order valence-electron chi connectivity index (χ3n) is 10.2. The molecule has 0 radical (unpaired) electrons. The Bertz CT molecular complexity index is 1360. The molecule has 10 heteroatoms. The van der Waals surface area contributed by atoms with Gasteiger partial charge in [0.15, 0.2) is 0 Å². The lowest BCUT2D eigenvalue weighted by Crippen LogP contribution is -2.75.